The summed E-state index contributed by atoms with van der Waals surface area (Å²) in [5.74, 6) is -0.270. The van der Waals surface area contributed by atoms with Crippen LogP contribution in [0.1, 0.15) is 11.3 Å². The van der Waals surface area contributed by atoms with Gasteiger partial charge in [0.05, 0.1) is 29.9 Å². The zero-order valence-electron chi connectivity index (χ0n) is 13.2. The average Bonchev–Trinajstić information content (AvgIpc) is 2.98. The fourth-order valence-corrected chi connectivity index (χ4v) is 2.77. The van der Waals surface area contributed by atoms with Crippen LogP contribution in [0.25, 0.3) is 0 Å². The van der Waals surface area contributed by atoms with Crippen LogP contribution in [0, 0.1) is 0 Å². The number of nitrogens with one attached hydrogen (secondary N) is 1. The van der Waals surface area contributed by atoms with Crippen molar-refractivity contribution in [2.24, 2.45) is 5.10 Å². The summed E-state index contributed by atoms with van der Waals surface area (Å²) in [6.07, 6.45) is 1.59. The van der Waals surface area contributed by atoms with Crippen molar-refractivity contribution in [2.45, 2.75) is 6.42 Å². The Morgan fingerprint density at radius 1 is 1.48 bits per heavy atom. The highest BCUT2D eigenvalue weighted by Crippen LogP contribution is 2.25. The molecule has 2 rings (SSSR count). The molecule has 25 heavy (non-hydrogen) atoms. The fraction of sp³-hybridized carbons (Fsp3) is 0.200. The lowest BCUT2D eigenvalue weighted by molar-refractivity contribution is -0.142. The number of nitrogens with zero attached hydrogens (tertiary/aromatic N) is 2. The third-order valence-corrected chi connectivity index (χ3v) is 4.19. The molecule has 1 aromatic carbocycles. The van der Waals surface area contributed by atoms with Crippen LogP contribution in [0.4, 0.5) is 5.13 Å². The van der Waals surface area contributed by atoms with E-state index in [9.17, 15) is 9.59 Å². The normalized spacial score (nSPS) is 10.6. The van der Waals surface area contributed by atoms with Crippen LogP contribution < -0.4 is 15.9 Å². The van der Waals surface area contributed by atoms with Crippen molar-refractivity contribution in [1.29, 1.82) is 0 Å². The molecule has 0 saturated carbocycles. The second-order valence-corrected chi connectivity index (χ2v) is 6.45. The Hall–Kier alpha value is -2.46. The van der Waals surface area contributed by atoms with Gasteiger partial charge in [0.2, 0.25) is 5.91 Å². The number of hydrogen-bond acceptors (Lipinski definition) is 8. The first kappa shape index (κ1) is 18.9. The first-order valence-electron chi connectivity index (χ1n) is 6.99. The van der Waals surface area contributed by atoms with Gasteiger partial charge in [-0.05, 0) is 39.7 Å². The maximum Gasteiger partial charge on any atom is 0.343 e. The van der Waals surface area contributed by atoms with Crippen LogP contribution >= 0.6 is 27.3 Å². The van der Waals surface area contributed by atoms with E-state index >= 15 is 0 Å². The number of anilines is 1. The molecule has 1 aromatic heterocycles. The second-order valence-electron chi connectivity index (χ2n) is 4.70. The monoisotopic (exact) mass is 426 g/mol. The van der Waals surface area contributed by atoms with E-state index in [0.29, 0.717) is 21.0 Å². The van der Waals surface area contributed by atoms with Gasteiger partial charge in [-0.3, -0.25) is 4.79 Å². The summed E-state index contributed by atoms with van der Waals surface area (Å²) >= 11 is 4.62. The van der Waals surface area contributed by atoms with Gasteiger partial charge in [-0.15, -0.1) is 11.3 Å². The molecule has 1 amide bonds. The molecule has 3 N–H and O–H groups in total. The van der Waals surface area contributed by atoms with Crippen LogP contribution in [0.2, 0.25) is 0 Å². The van der Waals surface area contributed by atoms with Gasteiger partial charge in [-0.25, -0.2) is 15.2 Å². The number of carbonyl (C=O) groups excluding carboxylic acids is 2. The van der Waals surface area contributed by atoms with Crippen molar-refractivity contribution >= 4 is 50.5 Å². The smallest absolute Gasteiger partial charge is 0.343 e. The minimum Gasteiger partial charge on any atom is -0.481 e. The van der Waals surface area contributed by atoms with E-state index in [2.05, 4.69) is 36.2 Å². The minimum absolute atomic E-state index is 0.106. The number of aromatic nitrogens is 1. The lowest BCUT2D eigenvalue weighted by Gasteiger charge is -2.07. The molecule has 0 fully saturated rings. The molecule has 0 spiro atoms. The highest BCUT2D eigenvalue weighted by atomic mass is 79.9. The Kier molecular flexibility index (Phi) is 6.90. The average molecular weight is 427 g/mol. The number of benzene rings is 1. The van der Waals surface area contributed by atoms with Crippen molar-refractivity contribution < 1.29 is 19.1 Å². The third kappa shape index (κ3) is 6.16. The fourth-order valence-electron chi connectivity index (χ4n) is 1.70. The number of hydrazone groups is 1. The number of thiazole rings is 1. The molecule has 0 aliphatic carbocycles. The molecule has 0 radical (unpaired) electrons. The maximum atomic E-state index is 11.7. The molecule has 10 heteroatoms. The molecular weight excluding hydrogens is 412 g/mol. The summed E-state index contributed by atoms with van der Waals surface area (Å²) in [6.45, 7) is -0.181. The predicted octanol–water partition coefficient (Wildman–Crippen LogP) is 1.73. The second kappa shape index (κ2) is 9.14. The number of halogens is 1. The molecule has 0 aliphatic heterocycles. The lowest BCUT2D eigenvalue weighted by atomic mass is 10.2. The van der Waals surface area contributed by atoms with Crippen molar-refractivity contribution in [3.63, 3.8) is 0 Å². The molecule has 0 bridgehead atoms. The van der Waals surface area contributed by atoms with Gasteiger partial charge in [0.1, 0.15) is 5.75 Å². The van der Waals surface area contributed by atoms with Crippen LogP contribution in [0.15, 0.2) is 33.2 Å². The highest BCUT2D eigenvalue weighted by Gasteiger charge is 2.07. The van der Waals surface area contributed by atoms with Gasteiger partial charge in [0, 0.05) is 5.38 Å². The van der Waals surface area contributed by atoms with Gasteiger partial charge >= 0.3 is 5.97 Å². The molecule has 132 valence electrons. The van der Waals surface area contributed by atoms with E-state index in [1.54, 1.807) is 23.6 Å². The van der Waals surface area contributed by atoms with E-state index in [1.807, 2.05) is 0 Å². The van der Waals surface area contributed by atoms with E-state index in [0.717, 1.165) is 5.56 Å². The van der Waals surface area contributed by atoms with E-state index in [-0.39, 0.29) is 18.9 Å². The Balaban J connectivity index is 1.87. The molecule has 2 aromatic rings. The van der Waals surface area contributed by atoms with E-state index in [4.69, 9.17) is 10.5 Å². The Morgan fingerprint density at radius 2 is 2.28 bits per heavy atom. The summed E-state index contributed by atoms with van der Waals surface area (Å²) in [5, 5.41) is 6.03. The largest absolute Gasteiger partial charge is 0.481 e. The summed E-state index contributed by atoms with van der Waals surface area (Å²) < 4.78 is 10.5. The highest BCUT2D eigenvalue weighted by molar-refractivity contribution is 9.10. The molecule has 0 unspecified atom stereocenters. The number of carbonyl (C=O) groups is 2. The van der Waals surface area contributed by atoms with Gasteiger partial charge < -0.3 is 15.2 Å². The molecule has 8 nitrogen and oxygen atoms in total. The van der Waals surface area contributed by atoms with Gasteiger partial charge in [0.15, 0.2) is 11.7 Å². The summed E-state index contributed by atoms with van der Waals surface area (Å²) in [4.78, 5) is 26.8. The van der Waals surface area contributed by atoms with Crippen molar-refractivity contribution in [1.82, 2.24) is 10.4 Å². The lowest BCUT2D eigenvalue weighted by Crippen LogP contribution is -2.19. The quantitative estimate of drug-likeness (QED) is 0.395. The number of nitrogens with two attached hydrogens (primary N) is 1. The molecule has 0 saturated heterocycles. The number of esters is 1. The van der Waals surface area contributed by atoms with Gasteiger partial charge in [0.25, 0.3) is 0 Å². The number of rotatable bonds is 7. The Bertz CT molecular complexity index is 794. The Labute approximate surface area is 156 Å². The summed E-state index contributed by atoms with van der Waals surface area (Å²) in [5.41, 5.74) is 9.26. The molecular formula is C15H15BrN4O4S. The predicted molar refractivity (Wildman–Crippen MR) is 97.6 cm³/mol. The number of hydrogen-bond donors (Lipinski definition) is 2. The third-order valence-electron chi connectivity index (χ3n) is 2.84. The van der Waals surface area contributed by atoms with E-state index < -0.39 is 5.97 Å². The first-order chi connectivity index (χ1) is 12.0. The topological polar surface area (TPSA) is 116 Å². The van der Waals surface area contributed by atoms with E-state index in [1.165, 1.54) is 24.7 Å². The summed E-state index contributed by atoms with van der Waals surface area (Å²) in [6, 6.07) is 5.14. The van der Waals surface area contributed by atoms with Gasteiger partial charge in [-0.2, -0.15) is 5.10 Å². The molecule has 0 aliphatic rings. The van der Waals surface area contributed by atoms with Crippen LogP contribution in [-0.4, -0.2) is 36.8 Å². The van der Waals surface area contributed by atoms with Crippen LogP contribution in [0.5, 0.6) is 5.75 Å². The number of nitrogen functional groups attached to an aromatic ring is 1. The van der Waals surface area contributed by atoms with Crippen molar-refractivity contribution in [3.05, 3.63) is 39.3 Å². The Morgan fingerprint density at radius 3 is 2.92 bits per heavy atom. The maximum absolute atomic E-state index is 11.7. The standard InChI is InChI=1S/C15H15BrN4O4S/c1-23-14(22)7-24-12-3-2-9(4-11(12)16)6-18-20-13(21)5-10-8-25-15(17)19-10/h2-4,6,8H,5,7H2,1H3,(H2,17,19)(H,20,21). The zero-order valence-corrected chi connectivity index (χ0v) is 15.6. The van der Waals surface area contributed by atoms with Gasteiger partial charge in [-0.1, -0.05) is 0 Å². The number of methoxy groups -OCH3 is 1. The summed E-state index contributed by atoms with van der Waals surface area (Å²) in [7, 11) is 1.29. The molecule has 0 atom stereocenters. The molecule has 1 heterocycles. The van der Waals surface area contributed by atoms with Crippen LogP contribution in [0.3, 0.4) is 0 Å². The van der Waals surface area contributed by atoms with Crippen LogP contribution in [-0.2, 0) is 20.7 Å². The zero-order chi connectivity index (χ0) is 18.2. The SMILES string of the molecule is COC(=O)COc1ccc(C=NNC(=O)Cc2csc(N)n2)cc1Br. The number of amides is 1. The minimum atomic E-state index is -0.470. The van der Waals surface area contributed by atoms with Crippen molar-refractivity contribution in [2.75, 3.05) is 19.5 Å². The first-order valence-corrected chi connectivity index (χ1v) is 8.66. The van der Waals surface area contributed by atoms with Crippen molar-refractivity contribution in [3.8, 4) is 5.75 Å². The number of ether oxygens (including phenoxy) is 2.